The molecule has 0 atom stereocenters. The highest BCUT2D eigenvalue weighted by Gasteiger charge is 2.42. The zero-order valence-electron chi connectivity index (χ0n) is 19.0. The zero-order chi connectivity index (χ0) is 23.1. The van der Waals surface area contributed by atoms with Gasteiger partial charge in [-0.1, -0.05) is 76.3 Å². The molecular weight excluding hydrogens is 400 g/mol. The highest BCUT2D eigenvalue weighted by Crippen LogP contribution is 2.23. The van der Waals surface area contributed by atoms with Gasteiger partial charge < -0.3 is 4.74 Å². The number of rotatable bonds is 11. The van der Waals surface area contributed by atoms with E-state index < -0.39 is 11.9 Å². The van der Waals surface area contributed by atoms with Crippen molar-refractivity contribution < 1.29 is 28.8 Å². The number of carbonyl (C=O) groups excluding carboxylic acids is 3. The number of ether oxygens (including phenoxy) is 1. The number of hydrogen-bond donors (Lipinski definition) is 0. The first-order valence-corrected chi connectivity index (χ1v) is 10.7. The van der Waals surface area contributed by atoms with E-state index >= 15 is 0 Å². The van der Waals surface area contributed by atoms with Crippen LogP contribution in [0.4, 0.5) is 4.79 Å². The van der Waals surface area contributed by atoms with Gasteiger partial charge in [0, 0.05) is 6.42 Å². The van der Waals surface area contributed by atoms with Crippen LogP contribution >= 0.6 is 0 Å². The number of hydrogen-bond acceptors (Lipinski definition) is 6. The van der Waals surface area contributed by atoms with E-state index in [0.29, 0.717) is 18.1 Å². The van der Waals surface area contributed by atoms with Gasteiger partial charge in [0.2, 0.25) is 0 Å². The van der Waals surface area contributed by atoms with Crippen LogP contribution in [-0.2, 0) is 24.0 Å². The number of benzene rings is 1. The Morgan fingerprint density at radius 3 is 2.10 bits per heavy atom. The largest absolute Gasteiger partial charge is 0.466 e. The van der Waals surface area contributed by atoms with Crippen LogP contribution in [0.15, 0.2) is 36.0 Å². The van der Waals surface area contributed by atoms with Crippen molar-refractivity contribution >= 4 is 24.0 Å². The van der Waals surface area contributed by atoms with Crippen molar-refractivity contribution in [1.29, 1.82) is 0 Å². The summed E-state index contributed by atoms with van der Waals surface area (Å²) in [5.41, 5.74) is 0.893. The van der Waals surface area contributed by atoms with Gasteiger partial charge in [0.1, 0.15) is 5.70 Å². The third-order valence-corrected chi connectivity index (χ3v) is 4.49. The van der Waals surface area contributed by atoms with Crippen molar-refractivity contribution in [3.8, 4) is 0 Å². The Bertz CT molecular complexity index is 720. The Kier molecular flexibility index (Phi) is 12.9. The average Bonchev–Trinajstić information content (AvgIpc) is 3.02. The Morgan fingerprint density at radius 1 is 0.903 bits per heavy atom. The van der Waals surface area contributed by atoms with Crippen molar-refractivity contribution in [3.63, 3.8) is 0 Å². The smallest absolute Gasteiger partial charge is 0.380 e. The number of urea groups is 1. The van der Waals surface area contributed by atoms with Crippen molar-refractivity contribution in [1.82, 2.24) is 10.1 Å². The number of carbonyl (C=O) groups is 3. The van der Waals surface area contributed by atoms with Crippen LogP contribution in [0.1, 0.15) is 64.4 Å². The minimum atomic E-state index is -0.674. The molecule has 1 heterocycles. The topological polar surface area (TPSA) is 85.4 Å². The number of amides is 3. The van der Waals surface area contributed by atoms with Gasteiger partial charge in [0.15, 0.2) is 0 Å². The molecule has 1 aromatic rings. The van der Waals surface area contributed by atoms with Crippen LogP contribution in [0, 0.1) is 0 Å². The molecule has 1 fully saturated rings. The Hall–Kier alpha value is -2.71. The second-order valence-corrected chi connectivity index (χ2v) is 6.82. The monoisotopic (exact) mass is 434 g/mol. The Labute approximate surface area is 184 Å². The normalized spacial score (nSPS) is 14.6. The van der Waals surface area contributed by atoms with E-state index in [1.807, 2.05) is 37.3 Å². The van der Waals surface area contributed by atoms with E-state index in [2.05, 4.69) is 6.92 Å². The first-order valence-electron chi connectivity index (χ1n) is 10.7. The number of nitrogens with zero attached hydrogens (tertiary/aromatic N) is 2. The fourth-order valence-electron chi connectivity index (χ4n) is 2.80. The standard InChI is InChI=1S/C12H12N2O4.C11H22O2/c1-17-13-10(8-9-6-4-3-5-7-9)11(15)14(18-2)12(13)16;1-3-5-6-7-8-9-10-13-11(12)4-2/h3-8H,1-2H3;3-10H2,1-2H3. The molecule has 172 valence electrons. The fraction of sp³-hybridized carbons (Fsp3) is 0.522. The summed E-state index contributed by atoms with van der Waals surface area (Å²) in [6, 6.07) is 8.48. The lowest BCUT2D eigenvalue weighted by Gasteiger charge is -2.11. The van der Waals surface area contributed by atoms with Crippen LogP contribution in [0.2, 0.25) is 0 Å². The van der Waals surface area contributed by atoms with Gasteiger partial charge in [-0.15, -0.1) is 5.06 Å². The molecule has 0 bridgehead atoms. The summed E-state index contributed by atoms with van der Waals surface area (Å²) in [6.45, 7) is 4.64. The van der Waals surface area contributed by atoms with Crippen LogP contribution in [0.5, 0.6) is 0 Å². The molecule has 8 nitrogen and oxygen atoms in total. The Morgan fingerprint density at radius 2 is 1.52 bits per heavy atom. The van der Waals surface area contributed by atoms with E-state index in [9.17, 15) is 14.4 Å². The summed E-state index contributed by atoms with van der Waals surface area (Å²) >= 11 is 0. The van der Waals surface area contributed by atoms with Gasteiger partial charge in [0.25, 0.3) is 0 Å². The maximum atomic E-state index is 11.9. The molecule has 0 N–H and O–H groups in total. The lowest BCUT2D eigenvalue weighted by Crippen LogP contribution is -2.31. The van der Waals surface area contributed by atoms with Crippen molar-refractivity contribution in [2.24, 2.45) is 0 Å². The third kappa shape index (κ3) is 8.90. The molecule has 3 amide bonds. The molecule has 2 rings (SSSR count). The lowest BCUT2D eigenvalue weighted by molar-refractivity contribution is -0.152. The molecule has 0 spiro atoms. The van der Waals surface area contributed by atoms with Crippen LogP contribution in [0.3, 0.4) is 0 Å². The molecule has 1 aliphatic rings. The first-order chi connectivity index (χ1) is 15.0. The van der Waals surface area contributed by atoms with Gasteiger partial charge in [-0.3, -0.25) is 19.3 Å². The maximum Gasteiger partial charge on any atom is 0.380 e. The molecule has 0 aliphatic carbocycles. The van der Waals surface area contributed by atoms with E-state index in [0.717, 1.165) is 17.0 Å². The second-order valence-electron chi connectivity index (χ2n) is 6.82. The minimum Gasteiger partial charge on any atom is -0.466 e. The molecule has 1 aliphatic heterocycles. The average molecular weight is 435 g/mol. The highest BCUT2D eigenvalue weighted by molar-refractivity contribution is 6.12. The number of esters is 1. The summed E-state index contributed by atoms with van der Waals surface area (Å²) in [6.07, 6.45) is 9.47. The van der Waals surface area contributed by atoms with Gasteiger partial charge in [0.05, 0.1) is 20.8 Å². The number of unbranched alkanes of at least 4 members (excludes halogenated alkanes) is 5. The SMILES string of the molecule is CCCCCCCCOC(=O)CC.CON1C(=O)C(=Cc2ccccc2)N(OC)C1=O. The minimum absolute atomic E-state index is 0.0754. The zero-order valence-corrected chi connectivity index (χ0v) is 19.0. The summed E-state index contributed by atoms with van der Waals surface area (Å²) in [5, 5.41) is 1.52. The Balaban J connectivity index is 0.000000330. The summed E-state index contributed by atoms with van der Waals surface area (Å²) in [4.78, 5) is 43.9. The molecular formula is C23H34N2O6. The van der Waals surface area contributed by atoms with Crippen molar-refractivity contribution in [3.05, 3.63) is 41.6 Å². The predicted molar refractivity (Wildman–Crippen MR) is 117 cm³/mol. The van der Waals surface area contributed by atoms with Gasteiger partial charge >= 0.3 is 17.9 Å². The molecule has 0 aromatic heterocycles. The van der Waals surface area contributed by atoms with Gasteiger partial charge in [-0.25, -0.2) is 4.79 Å². The summed E-state index contributed by atoms with van der Waals surface area (Å²) < 4.78 is 4.96. The molecule has 0 radical (unpaired) electrons. The molecule has 0 saturated carbocycles. The second kappa shape index (κ2) is 15.1. The van der Waals surface area contributed by atoms with Crippen molar-refractivity contribution in [2.45, 2.75) is 58.8 Å². The van der Waals surface area contributed by atoms with Crippen LogP contribution in [0.25, 0.3) is 6.08 Å². The van der Waals surface area contributed by atoms with Gasteiger partial charge in [-0.2, -0.15) is 5.06 Å². The fourth-order valence-corrected chi connectivity index (χ4v) is 2.80. The third-order valence-electron chi connectivity index (χ3n) is 4.49. The number of hydroxylamine groups is 4. The molecule has 1 saturated heterocycles. The summed E-state index contributed by atoms with van der Waals surface area (Å²) in [5.74, 6) is -0.637. The van der Waals surface area contributed by atoms with E-state index in [-0.39, 0.29) is 11.7 Å². The lowest BCUT2D eigenvalue weighted by atomic mass is 10.1. The van der Waals surface area contributed by atoms with Crippen LogP contribution < -0.4 is 0 Å². The first kappa shape index (κ1) is 26.3. The predicted octanol–water partition coefficient (Wildman–Crippen LogP) is 4.71. The summed E-state index contributed by atoms with van der Waals surface area (Å²) in [7, 11) is 2.55. The van der Waals surface area contributed by atoms with Crippen molar-refractivity contribution in [2.75, 3.05) is 20.8 Å². The van der Waals surface area contributed by atoms with Crippen LogP contribution in [-0.4, -0.2) is 48.9 Å². The van der Waals surface area contributed by atoms with E-state index in [4.69, 9.17) is 14.4 Å². The molecule has 0 unspecified atom stereocenters. The maximum absolute atomic E-state index is 11.9. The van der Waals surface area contributed by atoms with Gasteiger partial charge in [-0.05, 0) is 18.1 Å². The van der Waals surface area contributed by atoms with E-state index in [1.54, 1.807) is 6.08 Å². The highest BCUT2D eigenvalue weighted by atomic mass is 16.7. The molecule has 8 heteroatoms. The number of imide groups is 1. The molecule has 31 heavy (non-hydrogen) atoms. The molecule has 1 aromatic carbocycles. The quantitative estimate of drug-likeness (QED) is 0.217. The van der Waals surface area contributed by atoms with E-state index in [1.165, 1.54) is 46.3 Å².